The molecule has 3 heterocycles. The zero-order valence-corrected chi connectivity index (χ0v) is 54.3. The van der Waals surface area contributed by atoms with E-state index >= 15 is 0 Å². The van der Waals surface area contributed by atoms with Crippen molar-refractivity contribution in [2.75, 3.05) is 27.9 Å². The van der Waals surface area contributed by atoms with Gasteiger partial charge < -0.3 is 43.2 Å². The van der Waals surface area contributed by atoms with E-state index in [4.69, 9.17) is 33.2 Å². The van der Waals surface area contributed by atoms with Gasteiger partial charge in [-0.1, -0.05) is 127 Å². The fourth-order valence-electron chi connectivity index (χ4n) is 12.2. The molecule has 16 nitrogen and oxygen atoms in total. The smallest absolute Gasteiger partial charge is 0.338 e. The van der Waals surface area contributed by atoms with Gasteiger partial charge in [-0.2, -0.15) is 0 Å². The molecule has 18 heteroatoms. The first-order valence-electron chi connectivity index (χ1n) is 30.1. The zero-order valence-electron chi connectivity index (χ0n) is 51.1. The molecule has 3 fully saturated rings. The number of hydrogen-bond donors (Lipinski definition) is 1. The summed E-state index contributed by atoms with van der Waals surface area (Å²) in [7, 11) is 4.54. The molecule has 6 rings (SSSR count). The van der Waals surface area contributed by atoms with Gasteiger partial charge in [0.1, 0.15) is 24.0 Å². The molecule has 2 bridgehead atoms. The van der Waals surface area contributed by atoms with Crippen LogP contribution in [-0.2, 0) is 67.8 Å². The average Bonchev–Trinajstić information content (AvgIpc) is 3.61. The van der Waals surface area contributed by atoms with Crippen LogP contribution in [-0.4, -0.2) is 134 Å². The van der Waals surface area contributed by atoms with Crippen molar-refractivity contribution in [2.24, 2.45) is 35.5 Å². The highest BCUT2D eigenvalue weighted by Gasteiger charge is 2.53. The van der Waals surface area contributed by atoms with E-state index in [-0.39, 0.29) is 54.8 Å². The molecule has 3 aliphatic heterocycles. The average molecular weight is 1310 g/mol. The Bertz CT molecular complexity index is 2740. The summed E-state index contributed by atoms with van der Waals surface area (Å²) in [6, 6.07) is 12.9. The van der Waals surface area contributed by atoms with Crippen molar-refractivity contribution in [3.05, 3.63) is 118 Å². The fraction of sp³-hybridized carbons (Fsp3) is 0.597. The number of allylic oxidation sites excluding steroid dienone is 6. The zero-order chi connectivity index (χ0) is 62.1. The lowest BCUT2D eigenvalue weighted by atomic mass is 9.78. The molecular weight excluding hydrogens is 1220 g/mol. The van der Waals surface area contributed by atoms with Gasteiger partial charge in [-0.25, -0.2) is 14.4 Å². The van der Waals surface area contributed by atoms with Crippen molar-refractivity contribution < 1.29 is 71.8 Å². The maximum absolute atomic E-state index is 14.8. The molecule has 2 aromatic rings. The Morgan fingerprint density at radius 1 is 0.729 bits per heavy atom. The van der Waals surface area contributed by atoms with Gasteiger partial charge in [0.15, 0.2) is 18.0 Å². The molecule has 2 aromatic carbocycles. The van der Waals surface area contributed by atoms with Gasteiger partial charge in [0.2, 0.25) is 5.79 Å². The molecule has 1 N–H and O–H groups in total. The number of piperidine rings is 1. The maximum Gasteiger partial charge on any atom is 0.338 e. The Kier molecular flexibility index (Phi) is 26.7. The Morgan fingerprint density at radius 2 is 1.38 bits per heavy atom. The molecule has 15 atom stereocenters. The number of aliphatic hydroxyl groups is 1. The number of carbonyl (C=O) groups excluding carboxylic acids is 7. The molecule has 1 saturated carbocycles. The van der Waals surface area contributed by atoms with E-state index in [1.165, 1.54) is 12.0 Å². The lowest BCUT2D eigenvalue weighted by Gasteiger charge is -2.42. The van der Waals surface area contributed by atoms with Crippen LogP contribution in [0.15, 0.2) is 96.1 Å². The van der Waals surface area contributed by atoms with Crippen LogP contribution in [0.3, 0.4) is 0 Å². The van der Waals surface area contributed by atoms with Crippen molar-refractivity contribution in [1.82, 2.24) is 4.90 Å². The van der Waals surface area contributed by atoms with Crippen LogP contribution in [0.2, 0.25) is 0 Å². The first kappa shape index (κ1) is 69.2. The summed E-state index contributed by atoms with van der Waals surface area (Å²) in [5.41, 5.74) is 3.90. The molecule has 85 heavy (non-hydrogen) atoms. The third-order valence-electron chi connectivity index (χ3n) is 17.6. The summed E-state index contributed by atoms with van der Waals surface area (Å²) in [6.07, 6.45) is 10.3. The lowest BCUT2D eigenvalue weighted by molar-refractivity contribution is -0.265. The Morgan fingerprint density at radius 3 is 1.99 bits per heavy atom. The van der Waals surface area contributed by atoms with E-state index in [1.807, 2.05) is 70.2 Å². The van der Waals surface area contributed by atoms with Crippen molar-refractivity contribution in [2.45, 2.75) is 191 Å². The fourth-order valence-corrected chi connectivity index (χ4v) is 13.0. The number of nitrogens with zero attached hydrogens (tertiary/aromatic N) is 1. The van der Waals surface area contributed by atoms with Gasteiger partial charge in [0.05, 0.1) is 29.4 Å². The third kappa shape index (κ3) is 18.6. The minimum atomic E-state index is -2.48. The summed E-state index contributed by atoms with van der Waals surface area (Å²) in [5, 5.41) is 13.4. The number of cyclic esters (lactones) is 1. The molecule has 2 saturated heterocycles. The third-order valence-corrected chi connectivity index (χ3v) is 18.9. The number of alkyl halides is 2. The quantitative estimate of drug-likeness (QED) is 0.0689. The number of methoxy groups -OCH3 is 3. The van der Waals surface area contributed by atoms with Gasteiger partial charge in [0, 0.05) is 69.1 Å². The molecule has 0 aromatic heterocycles. The lowest BCUT2D eigenvalue weighted by Crippen LogP contribution is -2.61. The molecular formula is C67H89Br2NO15. The number of amides is 1. The van der Waals surface area contributed by atoms with Gasteiger partial charge >= 0.3 is 17.9 Å². The van der Waals surface area contributed by atoms with E-state index in [2.05, 4.69) is 31.9 Å². The molecule has 1 amide bonds. The van der Waals surface area contributed by atoms with E-state index in [0.717, 1.165) is 16.7 Å². The highest BCUT2D eigenvalue weighted by atomic mass is 79.9. The molecule has 0 unspecified atom stereocenters. The van der Waals surface area contributed by atoms with Crippen LogP contribution in [0.1, 0.15) is 157 Å². The minimum absolute atomic E-state index is 0.00417. The predicted molar refractivity (Wildman–Crippen MR) is 330 cm³/mol. The number of rotatable bonds is 12. The normalized spacial score (nSPS) is 33.4. The Hall–Kier alpha value is -4.95. The Balaban J connectivity index is 1.34. The number of benzene rings is 2. The maximum atomic E-state index is 14.8. The summed E-state index contributed by atoms with van der Waals surface area (Å²) in [5.74, 6) is -9.92. The second-order valence-electron chi connectivity index (χ2n) is 24.0. The number of ether oxygens (including phenoxy) is 7. The minimum Gasteiger partial charge on any atom is -0.460 e. The molecule has 1 aliphatic carbocycles. The summed E-state index contributed by atoms with van der Waals surface area (Å²) in [4.78, 5) is 102. The number of halogens is 2. The molecule has 0 radical (unpaired) electrons. The van der Waals surface area contributed by atoms with E-state index in [9.17, 15) is 38.7 Å². The van der Waals surface area contributed by atoms with Crippen molar-refractivity contribution >= 4 is 73.0 Å². The SMILES string of the molecule is CO[C@H]1C[C@@H]2CC[C@@H](C)[C@@](O)(O2)C(=O)C(=O)N2CCCC[C@H]2C(=O)O[C@H]([C@H](C)C[C@@H]2CC[C@@H](OC(=O)c3ccc(CBr)cc3)[C@H](OC)C2)CC(=O)[C@H](C)/C=C(\C)[C@@H](OC(=O)c2ccc(CBr)cc2)[C@@H](OC)C(=O)[C@H](C)C[C@H](C)/C=C/C=C/C=C/1C. The van der Waals surface area contributed by atoms with Crippen LogP contribution in [0.25, 0.3) is 0 Å². The number of carbonyl (C=O) groups is 7. The Labute approximate surface area is 519 Å². The van der Waals surface area contributed by atoms with Crippen LogP contribution >= 0.6 is 31.9 Å². The second kappa shape index (κ2) is 32.9. The predicted octanol–water partition coefficient (Wildman–Crippen LogP) is 11.7. The van der Waals surface area contributed by atoms with E-state index < -0.39 is 108 Å². The van der Waals surface area contributed by atoms with Crippen molar-refractivity contribution in [3.8, 4) is 0 Å². The number of fused-ring (bicyclic) bond motifs is 3. The monoisotopic (exact) mass is 1310 g/mol. The van der Waals surface area contributed by atoms with E-state index in [0.29, 0.717) is 79.6 Å². The van der Waals surface area contributed by atoms with Gasteiger partial charge in [-0.3, -0.25) is 19.2 Å². The van der Waals surface area contributed by atoms with Crippen LogP contribution in [0.5, 0.6) is 0 Å². The van der Waals surface area contributed by atoms with Crippen LogP contribution in [0, 0.1) is 35.5 Å². The number of Topliss-reactive ketones (excluding diaryl/α,β-unsaturated/α-hetero) is 3. The second-order valence-corrected chi connectivity index (χ2v) is 25.1. The largest absolute Gasteiger partial charge is 0.460 e. The highest BCUT2D eigenvalue weighted by Crippen LogP contribution is 2.39. The highest BCUT2D eigenvalue weighted by molar-refractivity contribution is 9.08. The van der Waals surface area contributed by atoms with Crippen LogP contribution < -0.4 is 0 Å². The number of hydrogen-bond acceptors (Lipinski definition) is 15. The summed E-state index contributed by atoms with van der Waals surface area (Å²) >= 11 is 6.89. The standard InChI is InChI=1S/C67H89Br2NO15/c1-40-16-12-11-13-17-41(2)56(79-8)36-52-29-19-46(7)67(78,85-52)62(73)63(74)70-31-15-14-18-53(70)66(77)83-57(43(4)34-49-24-30-55(58(35-49)80-9)82-64(75)50-25-20-47(38-68)21-26-50)37-54(71)42(3)33-45(6)60(61(81-10)59(72)44(5)32-40)84-65(76)51-27-22-48(39-69)23-28-51/h11-13,16-17,20-23,25-28,33,40,42-44,46,49,52-53,55-58,60-61,78H,14-15,18-19,24,29-32,34-39H2,1-10H3/b13-11+,16-12+,41-17+,45-33+/t40-,42-,43-,44-,46-,49+,52+,53+,55-,56+,57+,58-,60-,61+,67-/m1/s1. The topological polar surface area (TPSA) is 208 Å². The molecule has 0 spiro atoms. The molecule has 466 valence electrons. The summed E-state index contributed by atoms with van der Waals surface area (Å²) in [6.45, 7) is 12.7. The summed E-state index contributed by atoms with van der Waals surface area (Å²) < 4.78 is 42.7. The van der Waals surface area contributed by atoms with Gasteiger partial charge in [-0.15, -0.1) is 0 Å². The van der Waals surface area contributed by atoms with Crippen molar-refractivity contribution in [3.63, 3.8) is 0 Å². The van der Waals surface area contributed by atoms with Gasteiger partial charge in [0.25, 0.3) is 11.7 Å². The molecule has 4 aliphatic rings. The first-order valence-corrected chi connectivity index (χ1v) is 32.3. The number of ketones is 3. The van der Waals surface area contributed by atoms with Crippen molar-refractivity contribution in [1.29, 1.82) is 0 Å². The first-order chi connectivity index (χ1) is 40.5. The van der Waals surface area contributed by atoms with Crippen LogP contribution in [0.4, 0.5) is 0 Å². The number of esters is 3. The van der Waals surface area contributed by atoms with E-state index in [1.54, 1.807) is 77.5 Å². The van der Waals surface area contributed by atoms with Gasteiger partial charge in [-0.05, 0) is 142 Å².